The Labute approximate surface area is 165 Å². The van der Waals surface area contributed by atoms with E-state index in [0.717, 1.165) is 31.2 Å². The first-order chi connectivity index (χ1) is 13.5. The summed E-state index contributed by atoms with van der Waals surface area (Å²) in [4.78, 5) is 37.0. The van der Waals surface area contributed by atoms with Crippen molar-refractivity contribution in [3.05, 3.63) is 35.4 Å². The second-order valence-electron chi connectivity index (χ2n) is 8.93. The topological polar surface area (TPSA) is 87.3 Å². The van der Waals surface area contributed by atoms with Gasteiger partial charge in [-0.05, 0) is 80.4 Å². The third-order valence-corrected chi connectivity index (χ3v) is 6.87. The average molecular weight is 383 g/mol. The van der Waals surface area contributed by atoms with Gasteiger partial charge in [-0.1, -0.05) is 19.1 Å². The number of carbonyl (C=O) groups excluding carboxylic acids is 3. The molecule has 0 radical (unpaired) electrons. The minimum Gasteiger partial charge on any atom is -0.346 e. The van der Waals surface area contributed by atoms with Crippen molar-refractivity contribution in [2.24, 2.45) is 23.2 Å². The number of hydrogen-bond donors (Lipinski definition) is 3. The predicted octanol–water partition coefficient (Wildman–Crippen LogP) is 2.34. The molecule has 5 rings (SSSR count). The summed E-state index contributed by atoms with van der Waals surface area (Å²) in [5.74, 6) is 1.28. The molecule has 0 heterocycles. The van der Waals surface area contributed by atoms with Crippen LogP contribution >= 0.6 is 0 Å². The molecule has 0 atom stereocenters. The van der Waals surface area contributed by atoms with Crippen LogP contribution in [0.5, 0.6) is 0 Å². The SMILES string of the molecule is CCc1ccc(C(=O)NNC(=O)CNC(=O)C23CC4CC(CC(C4)C2)C3)cc1. The zero-order chi connectivity index (χ0) is 19.7. The summed E-state index contributed by atoms with van der Waals surface area (Å²) >= 11 is 0. The molecule has 0 saturated heterocycles. The first-order valence-electron chi connectivity index (χ1n) is 10.4. The third-order valence-electron chi connectivity index (χ3n) is 6.87. The van der Waals surface area contributed by atoms with Crippen LogP contribution in [0.25, 0.3) is 0 Å². The quantitative estimate of drug-likeness (QED) is 0.682. The largest absolute Gasteiger partial charge is 0.346 e. The van der Waals surface area contributed by atoms with Crippen LogP contribution in [-0.2, 0) is 16.0 Å². The zero-order valence-electron chi connectivity index (χ0n) is 16.4. The molecule has 6 heteroatoms. The number of hydrogen-bond acceptors (Lipinski definition) is 3. The molecule has 4 bridgehead atoms. The van der Waals surface area contributed by atoms with Crippen LogP contribution in [0.1, 0.15) is 61.4 Å². The average Bonchev–Trinajstić information content (AvgIpc) is 2.69. The molecule has 4 fully saturated rings. The third kappa shape index (κ3) is 3.77. The van der Waals surface area contributed by atoms with Crippen molar-refractivity contribution in [1.82, 2.24) is 16.2 Å². The fourth-order valence-electron chi connectivity index (χ4n) is 5.87. The van der Waals surface area contributed by atoms with Gasteiger partial charge in [0.1, 0.15) is 0 Å². The maximum Gasteiger partial charge on any atom is 0.269 e. The van der Waals surface area contributed by atoms with Crippen LogP contribution in [0.2, 0.25) is 0 Å². The van der Waals surface area contributed by atoms with Crippen LogP contribution in [0.15, 0.2) is 24.3 Å². The highest BCUT2D eigenvalue weighted by atomic mass is 16.2. The fraction of sp³-hybridized carbons (Fsp3) is 0.591. The molecule has 0 spiro atoms. The summed E-state index contributed by atoms with van der Waals surface area (Å²) in [6.07, 6.45) is 7.64. The van der Waals surface area contributed by atoms with E-state index in [0.29, 0.717) is 23.3 Å². The highest BCUT2D eigenvalue weighted by Gasteiger charge is 2.54. The van der Waals surface area contributed by atoms with Gasteiger partial charge in [-0.3, -0.25) is 25.2 Å². The summed E-state index contributed by atoms with van der Waals surface area (Å²) in [6.45, 7) is 1.93. The molecule has 3 amide bonds. The van der Waals surface area contributed by atoms with Crippen LogP contribution in [0, 0.1) is 23.2 Å². The lowest BCUT2D eigenvalue weighted by atomic mass is 9.49. The molecular weight excluding hydrogens is 354 g/mol. The fourth-order valence-corrected chi connectivity index (χ4v) is 5.87. The molecule has 4 aliphatic carbocycles. The lowest BCUT2D eigenvalue weighted by Crippen LogP contribution is -2.55. The van der Waals surface area contributed by atoms with E-state index in [-0.39, 0.29) is 23.8 Å². The van der Waals surface area contributed by atoms with Gasteiger partial charge in [-0.25, -0.2) is 0 Å². The smallest absolute Gasteiger partial charge is 0.269 e. The Bertz CT molecular complexity index is 736. The molecule has 150 valence electrons. The monoisotopic (exact) mass is 383 g/mol. The molecule has 4 aliphatic rings. The van der Waals surface area contributed by atoms with E-state index in [1.54, 1.807) is 12.1 Å². The molecule has 28 heavy (non-hydrogen) atoms. The summed E-state index contributed by atoms with van der Waals surface area (Å²) in [6, 6.07) is 7.25. The Hall–Kier alpha value is -2.37. The Morgan fingerprint density at radius 3 is 2.04 bits per heavy atom. The summed E-state index contributed by atoms with van der Waals surface area (Å²) < 4.78 is 0. The van der Waals surface area contributed by atoms with Gasteiger partial charge >= 0.3 is 0 Å². The molecule has 3 N–H and O–H groups in total. The van der Waals surface area contributed by atoms with Gasteiger partial charge in [0.2, 0.25) is 5.91 Å². The van der Waals surface area contributed by atoms with Crippen LogP contribution in [-0.4, -0.2) is 24.3 Å². The summed E-state index contributed by atoms with van der Waals surface area (Å²) in [7, 11) is 0. The molecular formula is C22H29N3O3. The summed E-state index contributed by atoms with van der Waals surface area (Å²) in [5.41, 5.74) is 6.15. The maximum absolute atomic E-state index is 12.8. The number of hydrazine groups is 1. The lowest BCUT2D eigenvalue weighted by Gasteiger charge is -2.55. The predicted molar refractivity (Wildman–Crippen MR) is 105 cm³/mol. The van der Waals surface area contributed by atoms with Crippen LogP contribution in [0.3, 0.4) is 0 Å². The molecule has 1 aromatic rings. The van der Waals surface area contributed by atoms with Gasteiger partial charge in [0.15, 0.2) is 0 Å². The van der Waals surface area contributed by atoms with Crippen LogP contribution < -0.4 is 16.2 Å². The van der Waals surface area contributed by atoms with Crippen molar-refractivity contribution in [1.29, 1.82) is 0 Å². The van der Waals surface area contributed by atoms with E-state index >= 15 is 0 Å². The van der Waals surface area contributed by atoms with E-state index in [2.05, 4.69) is 16.2 Å². The number of nitrogens with one attached hydrogen (secondary N) is 3. The lowest BCUT2D eigenvalue weighted by molar-refractivity contribution is -0.147. The van der Waals surface area contributed by atoms with E-state index in [1.165, 1.54) is 19.3 Å². The molecule has 4 saturated carbocycles. The Kier molecular flexibility index (Phi) is 5.13. The second kappa shape index (κ2) is 7.57. The Morgan fingerprint density at radius 2 is 1.50 bits per heavy atom. The number of amides is 3. The number of rotatable bonds is 5. The Morgan fingerprint density at radius 1 is 0.929 bits per heavy atom. The van der Waals surface area contributed by atoms with Gasteiger partial charge < -0.3 is 5.32 Å². The molecule has 6 nitrogen and oxygen atoms in total. The van der Waals surface area contributed by atoms with Crippen molar-refractivity contribution in [2.45, 2.75) is 51.9 Å². The van der Waals surface area contributed by atoms with E-state index < -0.39 is 5.91 Å². The maximum atomic E-state index is 12.8. The van der Waals surface area contributed by atoms with Crippen molar-refractivity contribution < 1.29 is 14.4 Å². The molecule has 0 aromatic heterocycles. The number of benzene rings is 1. The number of aryl methyl sites for hydroxylation is 1. The van der Waals surface area contributed by atoms with Gasteiger partial charge in [-0.15, -0.1) is 0 Å². The van der Waals surface area contributed by atoms with Gasteiger partial charge in [0.25, 0.3) is 11.8 Å². The molecule has 0 unspecified atom stereocenters. The van der Waals surface area contributed by atoms with Crippen molar-refractivity contribution in [3.8, 4) is 0 Å². The standard InChI is InChI=1S/C22H29N3O3/c1-2-14-3-5-18(6-4-14)20(27)25-24-19(26)13-23-21(28)22-10-15-7-16(11-22)9-17(8-15)12-22/h3-6,15-17H,2,7-13H2,1H3,(H,23,28)(H,24,26)(H,25,27). The Balaban J connectivity index is 1.24. The van der Waals surface area contributed by atoms with Gasteiger partial charge in [0, 0.05) is 11.0 Å². The summed E-state index contributed by atoms with van der Waals surface area (Å²) in [5, 5.41) is 2.82. The van der Waals surface area contributed by atoms with Crippen LogP contribution in [0.4, 0.5) is 0 Å². The van der Waals surface area contributed by atoms with E-state index in [1.807, 2.05) is 19.1 Å². The van der Waals surface area contributed by atoms with Gasteiger partial charge in [0.05, 0.1) is 6.54 Å². The van der Waals surface area contributed by atoms with Crippen molar-refractivity contribution >= 4 is 17.7 Å². The first kappa shape index (κ1) is 19.0. The van der Waals surface area contributed by atoms with E-state index in [9.17, 15) is 14.4 Å². The molecule has 1 aromatic carbocycles. The zero-order valence-corrected chi connectivity index (χ0v) is 16.4. The normalized spacial score (nSPS) is 30.0. The highest BCUT2D eigenvalue weighted by molar-refractivity contribution is 5.96. The second-order valence-corrected chi connectivity index (χ2v) is 8.93. The minimum absolute atomic E-state index is 0.0169. The van der Waals surface area contributed by atoms with Crippen molar-refractivity contribution in [2.75, 3.05) is 6.54 Å². The first-order valence-corrected chi connectivity index (χ1v) is 10.4. The van der Waals surface area contributed by atoms with E-state index in [4.69, 9.17) is 0 Å². The molecule has 0 aliphatic heterocycles. The minimum atomic E-state index is -0.420. The highest BCUT2D eigenvalue weighted by Crippen LogP contribution is 2.60. The van der Waals surface area contributed by atoms with Gasteiger partial charge in [-0.2, -0.15) is 0 Å². The number of carbonyl (C=O) groups is 3. The van der Waals surface area contributed by atoms with Crippen molar-refractivity contribution in [3.63, 3.8) is 0 Å².